The molecular weight excluding hydrogens is 266 g/mol. The van der Waals surface area contributed by atoms with Gasteiger partial charge in [-0.25, -0.2) is 0 Å². The van der Waals surface area contributed by atoms with Gasteiger partial charge in [0.05, 0.1) is 0 Å². The third-order valence-electron chi connectivity index (χ3n) is 3.93. The fraction of sp³-hybridized carbons (Fsp3) is 0.647. The van der Waals surface area contributed by atoms with Crippen LogP contribution in [-0.2, 0) is 16.6 Å². The summed E-state index contributed by atoms with van der Waals surface area (Å²) in [5.74, 6) is 2.00. The minimum Gasteiger partial charge on any atom is -0.313 e. The fourth-order valence-electron chi connectivity index (χ4n) is 2.24. The predicted octanol–water partition coefficient (Wildman–Crippen LogP) is 3.66. The summed E-state index contributed by atoms with van der Waals surface area (Å²) in [5, 5.41) is 3.56. The van der Waals surface area contributed by atoms with Gasteiger partial charge in [-0.3, -0.25) is 4.21 Å². The summed E-state index contributed by atoms with van der Waals surface area (Å²) in [6.45, 7) is 9.73. The summed E-state index contributed by atoms with van der Waals surface area (Å²) in [6, 6.07) is 8.61. The van der Waals surface area contributed by atoms with E-state index in [0.717, 1.165) is 25.1 Å². The van der Waals surface area contributed by atoms with E-state index in [9.17, 15) is 4.21 Å². The molecule has 1 aromatic rings. The Hall–Kier alpha value is -0.670. The minimum atomic E-state index is -0.799. The van der Waals surface area contributed by atoms with E-state index >= 15 is 0 Å². The smallest absolute Gasteiger partial charge is 0.0488 e. The molecule has 0 heterocycles. The summed E-state index contributed by atoms with van der Waals surface area (Å²) in [5.41, 5.74) is 2.45. The van der Waals surface area contributed by atoms with Crippen molar-refractivity contribution in [3.05, 3.63) is 35.4 Å². The van der Waals surface area contributed by atoms with Crippen LogP contribution in [0.25, 0.3) is 0 Å². The summed E-state index contributed by atoms with van der Waals surface area (Å²) in [6.07, 6.45) is 2.25. The zero-order valence-corrected chi connectivity index (χ0v) is 14.1. The number of rotatable bonds is 9. The molecule has 2 nitrogen and oxygen atoms in total. The third-order valence-corrected chi connectivity index (χ3v) is 5.29. The first-order valence-corrected chi connectivity index (χ1v) is 9.20. The van der Waals surface area contributed by atoms with E-state index in [-0.39, 0.29) is 0 Å². The average Bonchev–Trinajstić information content (AvgIpc) is 2.45. The van der Waals surface area contributed by atoms with E-state index in [0.29, 0.717) is 17.7 Å². The lowest BCUT2D eigenvalue weighted by Crippen LogP contribution is -2.40. The van der Waals surface area contributed by atoms with Gasteiger partial charge in [-0.1, -0.05) is 51.5 Å². The van der Waals surface area contributed by atoms with Crippen LogP contribution in [0.3, 0.4) is 0 Å². The highest BCUT2D eigenvalue weighted by molar-refractivity contribution is 7.84. The molecule has 0 spiro atoms. The summed E-state index contributed by atoms with van der Waals surface area (Å²) in [7, 11) is -0.799. The Morgan fingerprint density at radius 3 is 2.55 bits per heavy atom. The van der Waals surface area contributed by atoms with Crippen LogP contribution < -0.4 is 5.32 Å². The Bertz CT molecular complexity index is 419. The molecule has 0 aliphatic rings. The molecule has 1 rings (SSSR count). The first kappa shape index (κ1) is 17.4. The molecular formula is C17H29NOS. The standard InChI is InChI=1S/C17H29NOS/c1-5-11-18-17(14(3)6-2)13-20(19)12-16-10-8-7-9-15(16)4/h7-10,14,17-18H,5-6,11-13H2,1-4H3. The van der Waals surface area contributed by atoms with Crippen LogP contribution in [0.15, 0.2) is 24.3 Å². The largest absolute Gasteiger partial charge is 0.313 e. The highest BCUT2D eigenvalue weighted by atomic mass is 32.2. The fourth-order valence-corrected chi connectivity index (χ4v) is 3.88. The van der Waals surface area contributed by atoms with E-state index in [4.69, 9.17) is 0 Å². The zero-order valence-electron chi connectivity index (χ0n) is 13.3. The Morgan fingerprint density at radius 2 is 1.95 bits per heavy atom. The third kappa shape index (κ3) is 5.76. The molecule has 0 aromatic heterocycles. The maximum Gasteiger partial charge on any atom is 0.0488 e. The normalized spacial score (nSPS) is 15.8. The molecule has 0 amide bonds. The van der Waals surface area contributed by atoms with Gasteiger partial charge in [0.15, 0.2) is 0 Å². The monoisotopic (exact) mass is 295 g/mol. The van der Waals surface area contributed by atoms with Gasteiger partial charge in [0.1, 0.15) is 0 Å². The van der Waals surface area contributed by atoms with E-state index in [1.54, 1.807) is 0 Å². The number of benzene rings is 1. The van der Waals surface area contributed by atoms with Crippen LogP contribution in [0.1, 0.15) is 44.7 Å². The number of aryl methyl sites for hydroxylation is 1. The quantitative estimate of drug-likeness (QED) is 0.753. The van der Waals surface area contributed by atoms with E-state index in [1.165, 1.54) is 11.1 Å². The molecule has 3 unspecified atom stereocenters. The van der Waals surface area contributed by atoms with Gasteiger partial charge in [0.2, 0.25) is 0 Å². The highest BCUT2D eigenvalue weighted by Crippen LogP contribution is 2.13. The maximum atomic E-state index is 12.4. The molecule has 0 saturated carbocycles. The molecule has 1 aromatic carbocycles. The molecule has 0 saturated heterocycles. The number of nitrogens with one attached hydrogen (secondary N) is 1. The SMILES string of the molecule is CCCNC(CS(=O)Cc1ccccc1C)C(C)CC. The predicted molar refractivity (Wildman–Crippen MR) is 89.4 cm³/mol. The second-order valence-electron chi connectivity index (χ2n) is 5.62. The van der Waals surface area contributed by atoms with Crippen LogP contribution in [-0.4, -0.2) is 22.5 Å². The zero-order chi connectivity index (χ0) is 15.0. The molecule has 114 valence electrons. The van der Waals surface area contributed by atoms with Crippen LogP contribution in [0.2, 0.25) is 0 Å². The van der Waals surface area contributed by atoms with E-state index < -0.39 is 10.8 Å². The molecule has 0 aliphatic carbocycles. The first-order chi connectivity index (χ1) is 9.58. The first-order valence-electron chi connectivity index (χ1n) is 7.71. The van der Waals surface area contributed by atoms with Crippen molar-refractivity contribution in [1.29, 1.82) is 0 Å². The molecule has 20 heavy (non-hydrogen) atoms. The lowest BCUT2D eigenvalue weighted by Gasteiger charge is -2.24. The topological polar surface area (TPSA) is 29.1 Å². The molecule has 3 atom stereocenters. The Morgan fingerprint density at radius 1 is 1.25 bits per heavy atom. The number of hydrogen-bond acceptors (Lipinski definition) is 2. The van der Waals surface area contributed by atoms with Crippen molar-refractivity contribution >= 4 is 10.8 Å². The van der Waals surface area contributed by atoms with Gasteiger partial charge in [-0.2, -0.15) is 0 Å². The van der Waals surface area contributed by atoms with Gasteiger partial charge in [0, 0.05) is 28.3 Å². The van der Waals surface area contributed by atoms with Crippen molar-refractivity contribution in [3.63, 3.8) is 0 Å². The molecule has 3 heteroatoms. The van der Waals surface area contributed by atoms with Gasteiger partial charge < -0.3 is 5.32 Å². The average molecular weight is 295 g/mol. The molecule has 0 radical (unpaired) electrons. The summed E-state index contributed by atoms with van der Waals surface area (Å²) in [4.78, 5) is 0. The van der Waals surface area contributed by atoms with Crippen LogP contribution in [0.4, 0.5) is 0 Å². The summed E-state index contributed by atoms with van der Waals surface area (Å²) >= 11 is 0. The van der Waals surface area contributed by atoms with E-state index in [1.807, 2.05) is 12.1 Å². The maximum absolute atomic E-state index is 12.4. The van der Waals surface area contributed by atoms with Crippen molar-refractivity contribution < 1.29 is 4.21 Å². The van der Waals surface area contributed by atoms with Crippen molar-refractivity contribution in [1.82, 2.24) is 5.32 Å². The van der Waals surface area contributed by atoms with Crippen LogP contribution in [0, 0.1) is 12.8 Å². The van der Waals surface area contributed by atoms with Gasteiger partial charge in [-0.15, -0.1) is 0 Å². The highest BCUT2D eigenvalue weighted by Gasteiger charge is 2.18. The van der Waals surface area contributed by atoms with Crippen molar-refractivity contribution in [2.24, 2.45) is 5.92 Å². The molecule has 1 N–H and O–H groups in total. The molecule has 0 bridgehead atoms. The van der Waals surface area contributed by atoms with Gasteiger partial charge >= 0.3 is 0 Å². The van der Waals surface area contributed by atoms with Gasteiger partial charge in [0.25, 0.3) is 0 Å². The van der Waals surface area contributed by atoms with Crippen molar-refractivity contribution in [2.75, 3.05) is 12.3 Å². The Labute approximate surface area is 126 Å². The van der Waals surface area contributed by atoms with Crippen molar-refractivity contribution in [2.45, 2.75) is 52.3 Å². The van der Waals surface area contributed by atoms with Crippen LogP contribution >= 0.6 is 0 Å². The molecule has 0 fully saturated rings. The Kier molecular flexibility index (Phi) is 8.08. The minimum absolute atomic E-state index is 0.366. The summed E-state index contributed by atoms with van der Waals surface area (Å²) < 4.78 is 12.4. The van der Waals surface area contributed by atoms with Crippen LogP contribution in [0.5, 0.6) is 0 Å². The lowest BCUT2D eigenvalue weighted by atomic mass is 10.0. The van der Waals surface area contributed by atoms with Gasteiger partial charge in [-0.05, 0) is 36.9 Å². The lowest BCUT2D eigenvalue weighted by molar-refractivity contribution is 0.394. The number of hydrogen-bond donors (Lipinski definition) is 1. The second-order valence-corrected chi connectivity index (χ2v) is 7.13. The van der Waals surface area contributed by atoms with E-state index in [2.05, 4.69) is 45.1 Å². The Balaban J connectivity index is 2.59. The van der Waals surface area contributed by atoms with Crippen molar-refractivity contribution in [3.8, 4) is 0 Å². The second kappa shape index (κ2) is 9.30. The molecule has 0 aliphatic heterocycles.